The molecule has 2 rings (SSSR count). The molecule has 16 heavy (non-hydrogen) atoms. The van der Waals surface area contributed by atoms with Crippen LogP contribution in [0.4, 0.5) is 0 Å². The van der Waals surface area contributed by atoms with Crippen molar-refractivity contribution < 1.29 is 4.42 Å². The summed E-state index contributed by atoms with van der Waals surface area (Å²) in [6.07, 6.45) is 2.65. The summed E-state index contributed by atoms with van der Waals surface area (Å²) in [6.45, 7) is 2.78. The first-order valence-electron chi connectivity index (χ1n) is 5.64. The van der Waals surface area contributed by atoms with Crippen molar-refractivity contribution >= 4 is 11.0 Å². The smallest absolute Gasteiger partial charge is 0.134 e. The predicted molar refractivity (Wildman–Crippen MR) is 66.0 cm³/mol. The number of rotatable bonds is 4. The number of benzene rings is 1. The molecule has 0 spiro atoms. The molecule has 86 valence electrons. The third-order valence-corrected chi connectivity index (χ3v) is 2.97. The Morgan fingerprint density at radius 1 is 1.31 bits per heavy atom. The summed E-state index contributed by atoms with van der Waals surface area (Å²) < 4.78 is 5.47. The maximum Gasteiger partial charge on any atom is 0.134 e. The zero-order valence-corrected chi connectivity index (χ0v) is 9.52. The molecule has 2 unspecified atom stereocenters. The molecule has 0 radical (unpaired) electrons. The van der Waals surface area contributed by atoms with Crippen LogP contribution in [-0.4, -0.2) is 6.54 Å². The Balaban J connectivity index is 2.26. The number of nitrogens with two attached hydrogens (primary N) is 2. The lowest BCUT2D eigenvalue weighted by Gasteiger charge is -2.14. The van der Waals surface area contributed by atoms with Gasteiger partial charge < -0.3 is 15.9 Å². The van der Waals surface area contributed by atoms with Crippen molar-refractivity contribution in [1.82, 2.24) is 0 Å². The third kappa shape index (κ3) is 2.10. The van der Waals surface area contributed by atoms with Crippen LogP contribution in [0.15, 0.2) is 34.9 Å². The van der Waals surface area contributed by atoms with Crippen molar-refractivity contribution in [3.05, 3.63) is 36.1 Å². The van der Waals surface area contributed by atoms with Crippen LogP contribution in [0.2, 0.25) is 0 Å². The Bertz CT molecular complexity index is 464. The molecule has 2 atom stereocenters. The molecule has 0 aliphatic heterocycles. The van der Waals surface area contributed by atoms with Crippen molar-refractivity contribution in [2.45, 2.75) is 19.4 Å². The van der Waals surface area contributed by atoms with Crippen molar-refractivity contribution in [3.8, 4) is 0 Å². The Morgan fingerprint density at radius 3 is 2.81 bits per heavy atom. The molecule has 0 fully saturated rings. The third-order valence-electron chi connectivity index (χ3n) is 2.97. The molecule has 1 aromatic heterocycles. The Hall–Kier alpha value is -1.32. The standard InChI is InChI=1S/C13H18N2O/c1-9(7-14)6-12(15)11-8-16-13-5-3-2-4-10(11)13/h2-5,8-9,12H,6-7,14-15H2,1H3. The average molecular weight is 218 g/mol. The summed E-state index contributed by atoms with van der Waals surface area (Å²) in [4.78, 5) is 0. The lowest BCUT2D eigenvalue weighted by Crippen LogP contribution is -2.19. The average Bonchev–Trinajstić information content (AvgIpc) is 2.72. The first-order valence-corrected chi connectivity index (χ1v) is 5.64. The summed E-state index contributed by atoms with van der Waals surface area (Å²) >= 11 is 0. The fourth-order valence-electron chi connectivity index (χ4n) is 1.94. The van der Waals surface area contributed by atoms with Crippen molar-refractivity contribution in [1.29, 1.82) is 0 Å². The second-order valence-corrected chi connectivity index (χ2v) is 4.37. The largest absolute Gasteiger partial charge is 0.464 e. The van der Waals surface area contributed by atoms with Gasteiger partial charge in [-0.1, -0.05) is 25.1 Å². The van der Waals surface area contributed by atoms with E-state index in [0.717, 1.165) is 23.0 Å². The molecular formula is C13H18N2O. The fourth-order valence-corrected chi connectivity index (χ4v) is 1.94. The second-order valence-electron chi connectivity index (χ2n) is 4.37. The molecule has 3 nitrogen and oxygen atoms in total. The Kier molecular flexibility index (Phi) is 3.27. The van der Waals surface area contributed by atoms with Crippen LogP contribution in [0.5, 0.6) is 0 Å². The van der Waals surface area contributed by atoms with Gasteiger partial charge in [-0.25, -0.2) is 0 Å². The van der Waals surface area contributed by atoms with Gasteiger partial charge in [-0.15, -0.1) is 0 Å². The van der Waals surface area contributed by atoms with E-state index in [2.05, 4.69) is 6.92 Å². The van der Waals surface area contributed by atoms with E-state index in [4.69, 9.17) is 15.9 Å². The van der Waals surface area contributed by atoms with Crippen LogP contribution in [0.1, 0.15) is 24.9 Å². The van der Waals surface area contributed by atoms with Gasteiger partial charge in [0.15, 0.2) is 0 Å². The molecule has 1 heterocycles. The quantitative estimate of drug-likeness (QED) is 0.828. The molecule has 0 saturated heterocycles. The Labute approximate surface area is 95.4 Å². The van der Waals surface area contributed by atoms with E-state index >= 15 is 0 Å². The summed E-state index contributed by atoms with van der Waals surface area (Å²) in [6, 6.07) is 7.96. The monoisotopic (exact) mass is 218 g/mol. The van der Waals surface area contributed by atoms with Gasteiger partial charge in [0.25, 0.3) is 0 Å². The minimum Gasteiger partial charge on any atom is -0.464 e. The molecule has 0 aliphatic rings. The van der Waals surface area contributed by atoms with E-state index in [1.54, 1.807) is 6.26 Å². The number of para-hydroxylation sites is 1. The van der Waals surface area contributed by atoms with Crippen molar-refractivity contribution in [2.24, 2.45) is 17.4 Å². The van der Waals surface area contributed by atoms with Gasteiger partial charge in [-0.3, -0.25) is 0 Å². The minimum absolute atomic E-state index is 0.00204. The fraction of sp³-hybridized carbons (Fsp3) is 0.385. The van der Waals surface area contributed by atoms with E-state index in [9.17, 15) is 0 Å². The van der Waals surface area contributed by atoms with Gasteiger partial charge >= 0.3 is 0 Å². The summed E-state index contributed by atoms with van der Waals surface area (Å²) in [5, 5.41) is 1.11. The number of hydrogen-bond acceptors (Lipinski definition) is 3. The normalized spacial score (nSPS) is 15.2. The lowest BCUT2D eigenvalue weighted by atomic mass is 9.96. The highest BCUT2D eigenvalue weighted by Gasteiger charge is 2.15. The van der Waals surface area contributed by atoms with Gasteiger partial charge in [0, 0.05) is 17.0 Å². The minimum atomic E-state index is 0.00204. The second kappa shape index (κ2) is 4.68. The van der Waals surface area contributed by atoms with Crippen LogP contribution in [0.3, 0.4) is 0 Å². The maximum atomic E-state index is 6.17. The van der Waals surface area contributed by atoms with Gasteiger partial charge in [0.2, 0.25) is 0 Å². The van der Waals surface area contributed by atoms with Crippen LogP contribution in [0, 0.1) is 5.92 Å². The lowest BCUT2D eigenvalue weighted by molar-refractivity contribution is 0.479. The van der Waals surface area contributed by atoms with Crippen molar-refractivity contribution in [2.75, 3.05) is 6.54 Å². The van der Waals surface area contributed by atoms with E-state index in [1.165, 1.54) is 0 Å². The van der Waals surface area contributed by atoms with Gasteiger partial charge in [-0.05, 0) is 24.9 Å². The van der Waals surface area contributed by atoms with E-state index < -0.39 is 0 Å². The first kappa shape index (κ1) is 11.2. The molecule has 0 amide bonds. The highest BCUT2D eigenvalue weighted by atomic mass is 16.3. The summed E-state index contributed by atoms with van der Waals surface area (Å²) in [7, 11) is 0. The number of fused-ring (bicyclic) bond motifs is 1. The van der Waals surface area contributed by atoms with Crippen LogP contribution >= 0.6 is 0 Å². The molecule has 4 N–H and O–H groups in total. The molecular weight excluding hydrogens is 200 g/mol. The zero-order chi connectivity index (χ0) is 11.5. The zero-order valence-electron chi connectivity index (χ0n) is 9.52. The van der Waals surface area contributed by atoms with Crippen LogP contribution < -0.4 is 11.5 Å². The summed E-state index contributed by atoms with van der Waals surface area (Å²) in [5.74, 6) is 0.434. The highest BCUT2D eigenvalue weighted by Crippen LogP contribution is 2.28. The van der Waals surface area contributed by atoms with Crippen molar-refractivity contribution in [3.63, 3.8) is 0 Å². The molecule has 0 bridgehead atoms. The SMILES string of the molecule is CC(CN)CC(N)c1coc2ccccc12. The molecule has 0 aliphatic carbocycles. The maximum absolute atomic E-state index is 6.17. The molecule has 3 heteroatoms. The predicted octanol–water partition coefficient (Wildman–Crippen LogP) is 2.42. The van der Waals surface area contributed by atoms with Gasteiger partial charge in [-0.2, -0.15) is 0 Å². The number of hydrogen-bond donors (Lipinski definition) is 2. The number of furan rings is 1. The highest BCUT2D eigenvalue weighted by molar-refractivity contribution is 5.81. The molecule has 1 aromatic carbocycles. The first-order chi connectivity index (χ1) is 7.72. The van der Waals surface area contributed by atoms with E-state index in [1.807, 2.05) is 24.3 Å². The van der Waals surface area contributed by atoms with E-state index in [0.29, 0.717) is 12.5 Å². The van der Waals surface area contributed by atoms with Gasteiger partial charge in [0.05, 0.1) is 6.26 Å². The topological polar surface area (TPSA) is 65.2 Å². The van der Waals surface area contributed by atoms with Crippen LogP contribution in [0.25, 0.3) is 11.0 Å². The van der Waals surface area contributed by atoms with Gasteiger partial charge in [0.1, 0.15) is 5.58 Å². The molecule has 0 saturated carbocycles. The van der Waals surface area contributed by atoms with Crippen LogP contribution in [-0.2, 0) is 0 Å². The van der Waals surface area contributed by atoms with E-state index in [-0.39, 0.29) is 6.04 Å². The molecule has 2 aromatic rings. The Morgan fingerprint density at radius 2 is 2.06 bits per heavy atom. The summed E-state index contributed by atoms with van der Waals surface area (Å²) in [5.41, 5.74) is 13.7.